The minimum atomic E-state index is -3.80. The molecule has 116 valence electrons. The van der Waals surface area contributed by atoms with E-state index < -0.39 is 16.0 Å². The topological polar surface area (TPSA) is 83.9 Å². The Balaban J connectivity index is 3.41. The Morgan fingerprint density at radius 1 is 1.48 bits per heavy atom. The number of carboxylic acid groups (broad SMARTS) is 1. The number of hydrogen-bond acceptors (Lipinski definition) is 4. The fraction of sp³-hybridized carbons (Fsp3) is 0.357. The van der Waals surface area contributed by atoms with Gasteiger partial charge in [0.15, 0.2) is 0 Å². The van der Waals surface area contributed by atoms with Gasteiger partial charge in [-0.1, -0.05) is 6.08 Å². The van der Waals surface area contributed by atoms with E-state index in [1.54, 1.807) is 13.8 Å². The van der Waals surface area contributed by atoms with E-state index in [2.05, 4.69) is 6.58 Å². The minimum Gasteiger partial charge on any atom is -0.496 e. The molecule has 0 bridgehead atoms. The van der Waals surface area contributed by atoms with Crippen LogP contribution in [-0.2, 0) is 10.0 Å². The van der Waals surface area contributed by atoms with Crippen LogP contribution in [0, 0.1) is 0 Å². The summed E-state index contributed by atoms with van der Waals surface area (Å²) in [6.07, 6.45) is 1.49. The summed E-state index contributed by atoms with van der Waals surface area (Å²) < 4.78 is 31.3. The van der Waals surface area contributed by atoms with Crippen molar-refractivity contribution in [2.24, 2.45) is 0 Å². The van der Waals surface area contributed by atoms with Crippen molar-refractivity contribution >= 4 is 16.0 Å². The highest BCUT2D eigenvalue weighted by Crippen LogP contribution is 2.25. The Morgan fingerprint density at radius 2 is 2.10 bits per heavy atom. The zero-order valence-electron chi connectivity index (χ0n) is 12.2. The van der Waals surface area contributed by atoms with E-state index in [-0.39, 0.29) is 28.8 Å². The maximum absolute atomic E-state index is 12.6. The first-order chi connectivity index (χ1) is 9.75. The predicted molar refractivity (Wildman–Crippen MR) is 79.2 cm³/mol. The molecule has 21 heavy (non-hydrogen) atoms. The Bertz CT molecular complexity index is 637. The normalized spacial score (nSPS) is 11.7. The van der Waals surface area contributed by atoms with Crippen molar-refractivity contribution in [2.45, 2.75) is 24.8 Å². The van der Waals surface area contributed by atoms with Crippen molar-refractivity contribution in [3.05, 3.63) is 36.4 Å². The molecule has 0 radical (unpaired) electrons. The zero-order valence-corrected chi connectivity index (χ0v) is 13.1. The SMILES string of the molecule is C=CCN(C(C)C)S(=O)(=O)c1ccc(OC)c(C(=O)O)c1. The van der Waals surface area contributed by atoms with E-state index in [1.165, 1.54) is 29.6 Å². The van der Waals surface area contributed by atoms with Gasteiger partial charge in [0, 0.05) is 12.6 Å². The van der Waals surface area contributed by atoms with E-state index in [4.69, 9.17) is 9.84 Å². The lowest BCUT2D eigenvalue weighted by Crippen LogP contribution is -2.37. The Kier molecular flexibility index (Phi) is 5.51. The number of hydrogen-bond donors (Lipinski definition) is 1. The minimum absolute atomic E-state index is 0.0868. The van der Waals surface area contributed by atoms with Gasteiger partial charge in [-0.25, -0.2) is 13.2 Å². The van der Waals surface area contributed by atoms with Crippen LogP contribution >= 0.6 is 0 Å². The second kappa shape index (κ2) is 6.73. The maximum Gasteiger partial charge on any atom is 0.339 e. The molecule has 0 fully saturated rings. The molecule has 0 saturated heterocycles. The second-order valence-electron chi connectivity index (χ2n) is 4.62. The van der Waals surface area contributed by atoms with Gasteiger partial charge >= 0.3 is 5.97 Å². The number of sulfonamides is 1. The lowest BCUT2D eigenvalue weighted by molar-refractivity contribution is 0.0693. The molecule has 0 unspecified atom stereocenters. The average Bonchev–Trinajstić information content (AvgIpc) is 2.43. The molecule has 6 nitrogen and oxygen atoms in total. The predicted octanol–water partition coefficient (Wildman–Crippen LogP) is 1.98. The molecule has 0 atom stereocenters. The Labute approximate surface area is 124 Å². The standard InChI is InChI=1S/C14H19NO5S/c1-5-8-15(10(2)3)21(18,19)11-6-7-13(20-4)12(9-11)14(16)17/h5-7,9-10H,1,8H2,2-4H3,(H,16,17). The summed E-state index contributed by atoms with van der Waals surface area (Å²) in [7, 11) is -2.47. The molecule has 0 aromatic heterocycles. The van der Waals surface area contributed by atoms with Gasteiger partial charge < -0.3 is 9.84 Å². The summed E-state index contributed by atoms with van der Waals surface area (Å²) in [4.78, 5) is 11.1. The van der Waals surface area contributed by atoms with Gasteiger partial charge in [0.2, 0.25) is 10.0 Å². The summed E-state index contributed by atoms with van der Waals surface area (Å²) >= 11 is 0. The van der Waals surface area contributed by atoms with Crippen LogP contribution in [0.25, 0.3) is 0 Å². The smallest absolute Gasteiger partial charge is 0.339 e. The highest BCUT2D eigenvalue weighted by Gasteiger charge is 2.27. The van der Waals surface area contributed by atoms with Gasteiger partial charge in [-0.05, 0) is 32.0 Å². The summed E-state index contributed by atoms with van der Waals surface area (Å²) in [5.41, 5.74) is -0.194. The van der Waals surface area contributed by atoms with Gasteiger partial charge in [0.05, 0.1) is 12.0 Å². The van der Waals surface area contributed by atoms with Crippen LogP contribution in [0.4, 0.5) is 0 Å². The van der Waals surface area contributed by atoms with Crippen molar-refractivity contribution in [3.63, 3.8) is 0 Å². The molecule has 1 rings (SSSR count). The zero-order chi connectivity index (χ0) is 16.2. The fourth-order valence-corrected chi connectivity index (χ4v) is 3.50. The van der Waals surface area contributed by atoms with E-state index in [9.17, 15) is 13.2 Å². The van der Waals surface area contributed by atoms with Gasteiger partial charge in [-0.2, -0.15) is 4.31 Å². The van der Waals surface area contributed by atoms with E-state index in [1.807, 2.05) is 0 Å². The van der Waals surface area contributed by atoms with Crippen LogP contribution in [0.1, 0.15) is 24.2 Å². The third-order valence-corrected chi connectivity index (χ3v) is 4.93. The number of benzene rings is 1. The molecule has 0 aliphatic rings. The van der Waals surface area contributed by atoms with Gasteiger partial charge in [0.1, 0.15) is 11.3 Å². The van der Waals surface area contributed by atoms with Crippen LogP contribution in [0.2, 0.25) is 0 Å². The fourth-order valence-electron chi connectivity index (χ4n) is 1.86. The Morgan fingerprint density at radius 3 is 2.52 bits per heavy atom. The largest absolute Gasteiger partial charge is 0.496 e. The average molecular weight is 313 g/mol. The molecule has 0 heterocycles. The number of rotatable bonds is 7. The molecule has 7 heteroatoms. The number of methoxy groups -OCH3 is 1. The van der Waals surface area contributed by atoms with Gasteiger partial charge in [0.25, 0.3) is 0 Å². The van der Waals surface area contributed by atoms with Crippen LogP contribution in [0.5, 0.6) is 5.75 Å². The number of ether oxygens (including phenoxy) is 1. The molecule has 0 amide bonds. The van der Waals surface area contributed by atoms with Gasteiger partial charge in [-0.15, -0.1) is 6.58 Å². The molecular formula is C14H19NO5S. The molecular weight excluding hydrogens is 294 g/mol. The van der Waals surface area contributed by atoms with E-state index >= 15 is 0 Å². The van der Waals surface area contributed by atoms with Gasteiger partial charge in [-0.3, -0.25) is 0 Å². The molecule has 0 saturated carbocycles. The van der Waals surface area contributed by atoms with Crippen molar-refractivity contribution in [2.75, 3.05) is 13.7 Å². The van der Waals surface area contributed by atoms with Crippen LogP contribution in [0.15, 0.2) is 35.7 Å². The van der Waals surface area contributed by atoms with Crippen molar-refractivity contribution < 1.29 is 23.1 Å². The number of aromatic carboxylic acids is 1. The third kappa shape index (κ3) is 3.62. The highest BCUT2D eigenvalue weighted by molar-refractivity contribution is 7.89. The monoisotopic (exact) mass is 313 g/mol. The lowest BCUT2D eigenvalue weighted by Gasteiger charge is -2.24. The molecule has 1 aromatic rings. The highest BCUT2D eigenvalue weighted by atomic mass is 32.2. The van der Waals surface area contributed by atoms with Crippen LogP contribution < -0.4 is 4.74 Å². The molecule has 0 aliphatic carbocycles. The number of carboxylic acids is 1. The number of carbonyl (C=O) groups is 1. The molecule has 1 N–H and O–H groups in total. The second-order valence-corrected chi connectivity index (χ2v) is 6.51. The molecule has 1 aromatic carbocycles. The first-order valence-electron chi connectivity index (χ1n) is 6.29. The first kappa shape index (κ1) is 17.2. The van der Waals surface area contributed by atoms with Crippen LogP contribution in [-0.4, -0.2) is 43.5 Å². The molecule has 0 spiro atoms. The first-order valence-corrected chi connectivity index (χ1v) is 7.73. The number of nitrogens with zero attached hydrogens (tertiary/aromatic N) is 1. The summed E-state index contributed by atoms with van der Waals surface area (Å²) in [6, 6.07) is 3.50. The van der Waals surface area contributed by atoms with Crippen molar-refractivity contribution in [1.29, 1.82) is 0 Å². The quantitative estimate of drug-likeness (QED) is 0.778. The Hall–Kier alpha value is -1.86. The van der Waals surface area contributed by atoms with Crippen LogP contribution in [0.3, 0.4) is 0 Å². The third-order valence-electron chi connectivity index (χ3n) is 2.89. The van der Waals surface area contributed by atoms with Crippen molar-refractivity contribution in [1.82, 2.24) is 4.31 Å². The molecule has 0 aliphatic heterocycles. The summed E-state index contributed by atoms with van der Waals surface area (Å²) in [5.74, 6) is -1.13. The summed E-state index contributed by atoms with van der Waals surface area (Å²) in [6.45, 7) is 7.17. The van der Waals surface area contributed by atoms with E-state index in [0.29, 0.717) is 0 Å². The lowest BCUT2D eigenvalue weighted by atomic mass is 10.2. The maximum atomic E-state index is 12.6. The van der Waals surface area contributed by atoms with Crippen molar-refractivity contribution in [3.8, 4) is 5.75 Å². The summed E-state index contributed by atoms with van der Waals surface area (Å²) in [5, 5.41) is 9.13. The van der Waals surface area contributed by atoms with E-state index in [0.717, 1.165) is 6.07 Å².